The highest BCUT2D eigenvalue weighted by molar-refractivity contribution is 9.11. The first kappa shape index (κ1) is 15.7. The lowest BCUT2D eigenvalue weighted by Crippen LogP contribution is -2.09. The zero-order valence-electron chi connectivity index (χ0n) is 10.3. The SMILES string of the molecule is CC(Nc1cc(C(F)(F)F)ccc1Cl)c1ccc(Br)s1. The predicted molar refractivity (Wildman–Crippen MR) is 80.5 cm³/mol. The lowest BCUT2D eigenvalue weighted by Gasteiger charge is -2.16. The van der Waals surface area contributed by atoms with Crippen LogP contribution in [0.2, 0.25) is 5.02 Å². The van der Waals surface area contributed by atoms with Crippen LogP contribution in [0.5, 0.6) is 0 Å². The first-order valence-electron chi connectivity index (χ1n) is 5.66. The normalized spacial score (nSPS) is 13.3. The lowest BCUT2D eigenvalue weighted by atomic mass is 10.1. The minimum atomic E-state index is -4.38. The smallest absolute Gasteiger partial charge is 0.376 e. The van der Waals surface area contributed by atoms with Crippen LogP contribution in [-0.4, -0.2) is 0 Å². The molecule has 0 saturated carbocycles. The van der Waals surface area contributed by atoms with E-state index >= 15 is 0 Å². The summed E-state index contributed by atoms with van der Waals surface area (Å²) in [6.45, 7) is 1.87. The molecular weight excluding hydrogens is 375 g/mol. The molecule has 20 heavy (non-hydrogen) atoms. The Morgan fingerprint density at radius 1 is 1.25 bits per heavy atom. The summed E-state index contributed by atoms with van der Waals surface area (Å²) in [5.74, 6) is 0. The van der Waals surface area contributed by atoms with E-state index in [0.717, 1.165) is 20.8 Å². The second-order valence-corrected chi connectivity index (χ2v) is 7.10. The Labute approximate surface area is 131 Å². The summed E-state index contributed by atoms with van der Waals surface area (Å²) < 4.78 is 39.0. The topological polar surface area (TPSA) is 12.0 Å². The van der Waals surface area contributed by atoms with Crippen molar-refractivity contribution in [3.05, 3.63) is 49.6 Å². The average molecular weight is 385 g/mol. The van der Waals surface area contributed by atoms with Crippen molar-refractivity contribution in [3.8, 4) is 0 Å². The van der Waals surface area contributed by atoms with Crippen molar-refractivity contribution >= 4 is 44.6 Å². The fourth-order valence-corrected chi connectivity index (χ4v) is 3.28. The molecule has 2 rings (SSSR count). The quantitative estimate of drug-likeness (QED) is 0.649. The molecule has 0 aliphatic heterocycles. The molecule has 2 aromatic rings. The number of benzene rings is 1. The van der Waals surface area contributed by atoms with Gasteiger partial charge in [0.15, 0.2) is 0 Å². The minimum Gasteiger partial charge on any atom is -0.376 e. The Bertz CT molecular complexity index is 612. The number of anilines is 1. The third-order valence-electron chi connectivity index (χ3n) is 2.69. The number of thiophene rings is 1. The molecule has 0 amide bonds. The van der Waals surface area contributed by atoms with Crippen molar-refractivity contribution in [3.63, 3.8) is 0 Å². The number of halogens is 5. The van der Waals surface area contributed by atoms with Crippen LogP contribution >= 0.6 is 38.9 Å². The molecule has 1 nitrogen and oxygen atoms in total. The van der Waals surface area contributed by atoms with E-state index in [0.29, 0.717) is 0 Å². The van der Waals surface area contributed by atoms with Gasteiger partial charge in [-0.1, -0.05) is 11.6 Å². The van der Waals surface area contributed by atoms with Gasteiger partial charge in [-0.2, -0.15) is 13.2 Å². The lowest BCUT2D eigenvalue weighted by molar-refractivity contribution is -0.137. The van der Waals surface area contributed by atoms with E-state index in [1.807, 2.05) is 19.1 Å². The van der Waals surface area contributed by atoms with Gasteiger partial charge in [0.2, 0.25) is 0 Å². The standard InChI is InChI=1S/C13H10BrClF3NS/c1-7(11-4-5-12(14)20-11)19-10-6-8(13(16,17)18)2-3-9(10)15/h2-7,19H,1H3. The predicted octanol–water partition coefficient (Wildman–Crippen LogP) is 6.36. The maximum atomic E-state index is 12.7. The fourth-order valence-electron chi connectivity index (χ4n) is 1.68. The monoisotopic (exact) mass is 383 g/mol. The summed E-state index contributed by atoms with van der Waals surface area (Å²) in [5.41, 5.74) is -0.442. The molecule has 7 heteroatoms. The number of hydrogen-bond donors (Lipinski definition) is 1. The minimum absolute atomic E-state index is 0.132. The van der Waals surface area contributed by atoms with E-state index in [1.54, 1.807) is 0 Å². The van der Waals surface area contributed by atoms with Crippen LogP contribution < -0.4 is 5.32 Å². The van der Waals surface area contributed by atoms with E-state index in [1.165, 1.54) is 17.4 Å². The molecule has 0 radical (unpaired) electrons. The Morgan fingerprint density at radius 3 is 2.50 bits per heavy atom. The molecule has 0 saturated heterocycles. The molecule has 0 aliphatic carbocycles. The molecule has 1 aromatic carbocycles. The summed E-state index contributed by atoms with van der Waals surface area (Å²) in [7, 11) is 0. The Hall–Kier alpha value is -0.720. The number of alkyl halides is 3. The number of rotatable bonds is 3. The van der Waals surface area contributed by atoms with E-state index in [2.05, 4.69) is 21.2 Å². The first-order valence-corrected chi connectivity index (χ1v) is 7.64. The molecule has 0 bridgehead atoms. The maximum absolute atomic E-state index is 12.7. The largest absolute Gasteiger partial charge is 0.416 e. The number of hydrogen-bond acceptors (Lipinski definition) is 2. The second kappa shape index (κ2) is 5.95. The van der Waals surface area contributed by atoms with Gasteiger partial charge in [-0.15, -0.1) is 11.3 Å². The van der Waals surface area contributed by atoms with Gasteiger partial charge in [0.25, 0.3) is 0 Å². The van der Waals surface area contributed by atoms with Gasteiger partial charge in [0, 0.05) is 4.88 Å². The highest BCUT2D eigenvalue weighted by Gasteiger charge is 2.31. The summed E-state index contributed by atoms with van der Waals surface area (Å²) in [5, 5.41) is 3.27. The van der Waals surface area contributed by atoms with Crippen LogP contribution in [0, 0.1) is 0 Å². The molecule has 1 atom stereocenters. The van der Waals surface area contributed by atoms with E-state index in [4.69, 9.17) is 11.6 Å². The molecule has 1 unspecified atom stereocenters. The van der Waals surface area contributed by atoms with Crippen molar-refractivity contribution in [2.75, 3.05) is 5.32 Å². The maximum Gasteiger partial charge on any atom is 0.416 e. The van der Waals surface area contributed by atoms with E-state index in [9.17, 15) is 13.2 Å². The first-order chi connectivity index (χ1) is 9.27. The summed E-state index contributed by atoms with van der Waals surface area (Å²) in [6, 6.07) is 6.93. The van der Waals surface area contributed by atoms with Crippen molar-refractivity contribution in [2.24, 2.45) is 0 Å². The molecule has 0 spiro atoms. The van der Waals surface area contributed by atoms with Crippen LogP contribution in [0.3, 0.4) is 0 Å². The highest BCUT2D eigenvalue weighted by Crippen LogP contribution is 2.36. The van der Waals surface area contributed by atoms with Crippen LogP contribution in [0.1, 0.15) is 23.4 Å². The molecule has 1 N–H and O–H groups in total. The molecule has 0 aliphatic rings. The highest BCUT2D eigenvalue weighted by atomic mass is 79.9. The van der Waals surface area contributed by atoms with Crippen LogP contribution in [0.4, 0.5) is 18.9 Å². The van der Waals surface area contributed by atoms with Crippen molar-refractivity contribution in [1.29, 1.82) is 0 Å². The third kappa shape index (κ3) is 3.68. The molecular formula is C13H10BrClF3NS. The summed E-state index contributed by atoms with van der Waals surface area (Å²) in [6.07, 6.45) is -4.38. The molecule has 1 aromatic heterocycles. The van der Waals surface area contributed by atoms with Crippen molar-refractivity contribution in [2.45, 2.75) is 19.1 Å². The van der Waals surface area contributed by atoms with Gasteiger partial charge in [0.05, 0.1) is 26.1 Å². The van der Waals surface area contributed by atoms with Gasteiger partial charge in [-0.3, -0.25) is 0 Å². The van der Waals surface area contributed by atoms with Gasteiger partial charge in [-0.05, 0) is 53.2 Å². The Kier molecular flexibility index (Phi) is 4.66. The average Bonchev–Trinajstić information content (AvgIpc) is 2.77. The third-order valence-corrected chi connectivity index (χ3v) is 4.82. The zero-order chi connectivity index (χ0) is 14.9. The van der Waals surface area contributed by atoms with Crippen LogP contribution in [0.25, 0.3) is 0 Å². The summed E-state index contributed by atoms with van der Waals surface area (Å²) >= 11 is 10.8. The van der Waals surface area contributed by atoms with E-state index in [-0.39, 0.29) is 16.8 Å². The number of nitrogens with one attached hydrogen (secondary N) is 1. The molecule has 0 fully saturated rings. The Morgan fingerprint density at radius 2 is 1.95 bits per heavy atom. The van der Waals surface area contributed by atoms with Crippen molar-refractivity contribution < 1.29 is 13.2 Å². The van der Waals surface area contributed by atoms with E-state index < -0.39 is 11.7 Å². The van der Waals surface area contributed by atoms with Gasteiger partial charge < -0.3 is 5.32 Å². The van der Waals surface area contributed by atoms with Gasteiger partial charge in [-0.25, -0.2) is 0 Å². The Balaban J connectivity index is 2.24. The zero-order valence-corrected chi connectivity index (χ0v) is 13.4. The fraction of sp³-hybridized carbons (Fsp3) is 0.231. The van der Waals surface area contributed by atoms with Gasteiger partial charge >= 0.3 is 6.18 Å². The van der Waals surface area contributed by atoms with Gasteiger partial charge in [0.1, 0.15) is 0 Å². The van der Waals surface area contributed by atoms with Crippen LogP contribution in [-0.2, 0) is 6.18 Å². The van der Waals surface area contributed by atoms with Crippen LogP contribution in [0.15, 0.2) is 34.1 Å². The van der Waals surface area contributed by atoms with Crippen molar-refractivity contribution in [1.82, 2.24) is 0 Å². The second-order valence-electron chi connectivity index (χ2n) is 4.20. The summed E-state index contributed by atoms with van der Waals surface area (Å²) in [4.78, 5) is 1.00. The molecule has 108 valence electrons. The molecule has 1 heterocycles.